The van der Waals surface area contributed by atoms with Gasteiger partial charge in [-0.05, 0) is 12.5 Å². The predicted octanol–water partition coefficient (Wildman–Crippen LogP) is 1.09. The van der Waals surface area contributed by atoms with Crippen LogP contribution in [0.2, 0.25) is 0 Å². The van der Waals surface area contributed by atoms with Crippen LogP contribution in [-0.4, -0.2) is 29.8 Å². The van der Waals surface area contributed by atoms with E-state index >= 15 is 0 Å². The molecule has 1 aliphatic rings. The van der Waals surface area contributed by atoms with E-state index < -0.39 is 0 Å². The molecule has 1 heterocycles. The van der Waals surface area contributed by atoms with Crippen LogP contribution in [0.1, 0.15) is 24.9 Å². The Morgan fingerprint density at radius 1 is 1.29 bits per heavy atom. The van der Waals surface area contributed by atoms with Gasteiger partial charge in [0.05, 0.1) is 12.5 Å². The minimum atomic E-state index is -0.386. The number of carbonyl (C=O) groups excluding carboxylic acids is 2. The number of nitrogens with zero attached hydrogens (tertiary/aromatic N) is 1. The molecule has 0 saturated carbocycles. The van der Waals surface area contributed by atoms with Crippen molar-refractivity contribution in [3.8, 4) is 0 Å². The lowest BCUT2D eigenvalue weighted by atomic mass is 10.1. The number of likely N-dealkylation sites (N-methyl/N-ethyl adjacent to an activating group) is 1. The van der Waals surface area contributed by atoms with Gasteiger partial charge < -0.3 is 0 Å². The lowest BCUT2D eigenvalue weighted by molar-refractivity contribution is -0.137. The first-order chi connectivity index (χ1) is 8.09. The van der Waals surface area contributed by atoms with Gasteiger partial charge in [-0.25, -0.2) is 0 Å². The monoisotopic (exact) mass is 232 g/mol. The van der Waals surface area contributed by atoms with Crippen LogP contribution in [-0.2, 0) is 9.59 Å². The molecular formula is C13H16N2O2. The summed E-state index contributed by atoms with van der Waals surface area (Å²) >= 11 is 0. The Morgan fingerprint density at radius 3 is 2.47 bits per heavy atom. The Bertz CT molecular complexity index is 430. The molecule has 1 fully saturated rings. The fourth-order valence-electron chi connectivity index (χ4n) is 2.03. The van der Waals surface area contributed by atoms with E-state index in [0.717, 1.165) is 5.56 Å². The van der Waals surface area contributed by atoms with Crippen LogP contribution in [0.5, 0.6) is 0 Å². The second kappa shape index (κ2) is 4.67. The number of hydrogen-bond acceptors (Lipinski definition) is 3. The summed E-state index contributed by atoms with van der Waals surface area (Å²) < 4.78 is 0. The standard InChI is InChI=1S/C13H16N2O2/c1-9(10-6-4-3-5-7-10)14-11-8-12(16)15(2)13(11)17/h3-7,9,11,14H,8H2,1-2H3/t9-,11+/m1/s1. The molecule has 0 aromatic heterocycles. The second-order valence-electron chi connectivity index (χ2n) is 4.35. The summed E-state index contributed by atoms with van der Waals surface area (Å²) in [6.45, 7) is 1.99. The van der Waals surface area contributed by atoms with Crippen molar-refractivity contribution in [3.05, 3.63) is 35.9 Å². The van der Waals surface area contributed by atoms with Crippen molar-refractivity contribution >= 4 is 11.8 Å². The zero-order valence-electron chi connectivity index (χ0n) is 10.0. The van der Waals surface area contributed by atoms with Crippen molar-refractivity contribution in [3.63, 3.8) is 0 Å². The van der Waals surface area contributed by atoms with Crippen LogP contribution in [0.15, 0.2) is 30.3 Å². The summed E-state index contributed by atoms with van der Waals surface area (Å²) in [4.78, 5) is 24.3. The Kier molecular flexibility index (Phi) is 3.24. The Morgan fingerprint density at radius 2 is 1.94 bits per heavy atom. The van der Waals surface area contributed by atoms with Crippen molar-refractivity contribution in [2.24, 2.45) is 0 Å². The first-order valence-corrected chi connectivity index (χ1v) is 5.71. The quantitative estimate of drug-likeness (QED) is 0.794. The molecule has 17 heavy (non-hydrogen) atoms. The summed E-state index contributed by atoms with van der Waals surface area (Å²) in [5, 5.41) is 3.19. The number of carbonyl (C=O) groups is 2. The van der Waals surface area contributed by atoms with Gasteiger partial charge in [0.2, 0.25) is 11.8 Å². The van der Waals surface area contributed by atoms with Crippen molar-refractivity contribution in [1.29, 1.82) is 0 Å². The smallest absolute Gasteiger partial charge is 0.246 e. The van der Waals surface area contributed by atoms with Gasteiger partial charge in [0.15, 0.2) is 0 Å². The third kappa shape index (κ3) is 2.36. The lowest BCUT2D eigenvalue weighted by Gasteiger charge is -2.18. The van der Waals surface area contributed by atoms with Gasteiger partial charge in [-0.15, -0.1) is 0 Å². The molecule has 4 heteroatoms. The van der Waals surface area contributed by atoms with Crippen molar-refractivity contribution in [1.82, 2.24) is 10.2 Å². The Labute approximate surface area is 101 Å². The summed E-state index contributed by atoms with van der Waals surface area (Å²) in [5.41, 5.74) is 1.11. The van der Waals surface area contributed by atoms with E-state index in [0.29, 0.717) is 0 Å². The molecule has 0 radical (unpaired) electrons. The maximum Gasteiger partial charge on any atom is 0.246 e. The number of benzene rings is 1. The molecule has 0 unspecified atom stereocenters. The average molecular weight is 232 g/mol. The van der Waals surface area contributed by atoms with Gasteiger partial charge in [0.1, 0.15) is 0 Å². The summed E-state index contributed by atoms with van der Waals surface area (Å²) in [7, 11) is 1.53. The van der Waals surface area contributed by atoms with Crippen LogP contribution in [0.25, 0.3) is 0 Å². The Balaban J connectivity index is 2.03. The van der Waals surface area contributed by atoms with E-state index in [2.05, 4.69) is 5.32 Å². The minimum absolute atomic E-state index is 0.0597. The molecule has 2 rings (SSSR count). The zero-order valence-corrected chi connectivity index (χ0v) is 10.0. The molecule has 0 bridgehead atoms. The molecule has 0 spiro atoms. The van der Waals surface area contributed by atoms with Crippen LogP contribution in [0, 0.1) is 0 Å². The molecule has 1 N–H and O–H groups in total. The van der Waals surface area contributed by atoms with Crippen LogP contribution in [0.3, 0.4) is 0 Å². The van der Waals surface area contributed by atoms with Crippen LogP contribution in [0.4, 0.5) is 0 Å². The predicted molar refractivity (Wildman–Crippen MR) is 64.2 cm³/mol. The summed E-state index contributed by atoms with van der Waals surface area (Å²) in [6, 6.07) is 9.55. The number of hydrogen-bond donors (Lipinski definition) is 1. The topological polar surface area (TPSA) is 49.4 Å². The Hall–Kier alpha value is -1.68. The van der Waals surface area contributed by atoms with E-state index in [9.17, 15) is 9.59 Å². The molecule has 1 aromatic rings. The third-order valence-electron chi connectivity index (χ3n) is 3.13. The van der Waals surface area contributed by atoms with E-state index in [1.165, 1.54) is 11.9 Å². The van der Waals surface area contributed by atoms with Gasteiger partial charge in [0, 0.05) is 13.1 Å². The molecule has 1 aromatic carbocycles. The van der Waals surface area contributed by atoms with Gasteiger partial charge in [0.25, 0.3) is 0 Å². The fourth-order valence-corrected chi connectivity index (χ4v) is 2.03. The number of amides is 2. The zero-order chi connectivity index (χ0) is 12.4. The van der Waals surface area contributed by atoms with Gasteiger partial charge in [-0.2, -0.15) is 0 Å². The molecule has 2 atom stereocenters. The van der Waals surface area contributed by atoms with Gasteiger partial charge in [-0.3, -0.25) is 19.8 Å². The molecule has 1 saturated heterocycles. The largest absolute Gasteiger partial charge is 0.299 e. The maximum absolute atomic E-state index is 11.7. The molecule has 4 nitrogen and oxygen atoms in total. The average Bonchev–Trinajstić information content (AvgIpc) is 2.58. The third-order valence-corrected chi connectivity index (χ3v) is 3.13. The highest BCUT2D eigenvalue weighted by Gasteiger charge is 2.36. The van der Waals surface area contributed by atoms with Gasteiger partial charge >= 0.3 is 0 Å². The van der Waals surface area contributed by atoms with Crippen LogP contribution >= 0.6 is 0 Å². The van der Waals surface area contributed by atoms with E-state index in [4.69, 9.17) is 0 Å². The SMILES string of the molecule is C[C@@H](N[C@H]1CC(=O)N(C)C1=O)c1ccccc1. The van der Waals surface area contributed by atoms with Crippen molar-refractivity contribution in [2.45, 2.75) is 25.4 Å². The molecular weight excluding hydrogens is 216 g/mol. The first kappa shape index (κ1) is 11.8. The highest BCUT2D eigenvalue weighted by molar-refractivity contribution is 6.05. The lowest BCUT2D eigenvalue weighted by Crippen LogP contribution is -2.38. The normalized spacial score (nSPS) is 22.0. The first-order valence-electron chi connectivity index (χ1n) is 5.71. The molecule has 1 aliphatic heterocycles. The maximum atomic E-state index is 11.7. The van der Waals surface area contributed by atoms with E-state index in [1.54, 1.807) is 0 Å². The molecule has 90 valence electrons. The molecule has 0 aliphatic carbocycles. The van der Waals surface area contributed by atoms with Crippen molar-refractivity contribution in [2.75, 3.05) is 7.05 Å². The van der Waals surface area contributed by atoms with Gasteiger partial charge in [-0.1, -0.05) is 30.3 Å². The summed E-state index contributed by atoms with van der Waals surface area (Å²) in [6.07, 6.45) is 0.256. The van der Waals surface area contributed by atoms with E-state index in [1.807, 2.05) is 37.3 Å². The van der Waals surface area contributed by atoms with E-state index in [-0.39, 0.29) is 30.3 Å². The van der Waals surface area contributed by atoms with Crippen LogP contribution < -0.4 is 5.32 Å². The fraction of sp³-hybridized carbons (Fsp3) is 0.385. The highest BCUT2D eigenvalue weighted by atomic mass is 16.2. The number of imide groups is 1. The number of rotatable bonds is 3. The summed E-state index contributed by atoms with van der Waals surface area (Å²) in [5.74, 6) is -0.259. The highest BCUT2D eigenvalue weighted by Crippen LogP contribution is 2.17. The molecule has 2 amide bonds. The minimum Gasteiger partial charge on any atom is -0.299 e. The van der Waals surface area contributed by atoms with Crippen molar-refractivity contribution < 1.29 is 9.59 Å². The second-order valence-corrected chi connectivity index (χ2v) is 4.35. The number of nitrogens with one attached hydrogen (secondary N) is 1. The number of likely N-dealkylation sites (tertiary alicyclic amines) is 1.